The van der Waals surface area contributed by atoms with Crippen LogP contribution < -0.4 is 11.1 Å². The number of nitrogens with one attached hydrogen (secondary N) is 1. The van der Waals surface area contributed by atoms with Crippen molar-refractivity contribution in [3.05, 3.63) is 0 Å². The van der Waals surface area contributed by atoms with Gasteiger partial charge in [0.25, 0.3) is 0 Å². The van der Waals surface area contributed by atoms with Crippen LogP contribution in [0.25, 0.3) is 0 Å². The number of rotatable bonds is 6. The number of carbonyl (C=O) groups is 2. The van der Waals surface area contributed by atoms with Gasteiger partial charge in [-0.25, -0.2) is 0 Å². The molecule has 122 valence electrons. The first-order valence-electron chi connectivity index (χ1n) is 7.90. The minimum Gasteiger partial charge on any atom is -0.481 e. The second-order valence-corrected chi connectivity index (χ2v) is 7.65. The van der Waals surface area contributed by atoms with Crippen LogP contribution in [0, 0.1) is 10.8 Å². The molecule has 1 unspecified atom stereocenters. The summed E-state index contributed by atoms with van der Waals surface area (Å²) in [6.45, 7) is 6.49. The van der Waals surface area contributed by atoms with Crippen molar-refractivity contribution in [3.8, 4) is 0 Å². The van der Waals surface area contributed by atoms with Crippen LogP contribution in [-0.4, -0.2) is 29.6 Å². The zero-order chi connectivity index (χ0) is 16.1. The Kier molecular flexibility index (Phi) is 6.20. The summed E-state index contributed by atoms with van der Waals surface area (Å²) in [5.74, 6) is -0.931. The predicted molar refractivity (Wildman–Crippen MR) is 82.8 cm³/mol. The number of aliphatic carboxylic acids is 1. The van der Waals surface area contributed by atoms with Crippen LogP contribution in [0.2, 0.25) is 0 Å². The third kappa shape index (κ3) is 6.04. The van der Waals surface area contributed by atoms with E-state index in [2.05, 4.69) is 26.1 Å². The maximum atomic E-state index is 12.0. The van der Waals surface area contributed by atoms with E-state index >= 15 is 0 Å². The van der Waals surface area contributed by atoms with Gasteiger partial charge in [0, 0.05) is 19.0 Å². The highest BCUT2D eigenvalue weighted by Crippen LogP contribution is 2.36. The van der Waals surface area contributed by atoms with Crippen LogP contribution in [0.1, 0.15) is 65.7 Å². The Balaban J connectivity index is 2.45. The lowest BCUT2D eigenvalue weighted by Crippen LogP contribution is -2.45. The van der Waals surface area contributed by atoms with Crippen molar-refractivity contribution < 1.29 is 14.7 Å². The van der Waals surface area contributed by atoms with Gasteiger partial charge in [0.1, 0.15) is 0 Å². The first kappa shape index (κ1) is 18.0. The molecule has 1 aliphatic carbocycles. The van der Waals surface area contributed by atoms with Gasteiger partial charge in [-0.1, -0.05) is 40.0 Å². The average Bonchev–Trinajstić information content (AvgIpc) is 2.35. The smallest absolute Gasteiger partial charge is 0.311 e. The third-order valence-corrected chi connectivity index (χ3v) is 4.21. The molecular weight excluding hydrogens is 268 g/mol. The van der Waals surface area contributed by atoms with Gasteiger partial charge in [-0.2, -0.15) is 0 Å². The molecule has 0 heterocycles. The van der Waals surface area contributed by atoms with Gasteiger partial charge < -0.3 is 16.2 Å². The zero-order valence-electron chi connectivity index (χ0n) is 13.6. The van der Waals surface area contributed by atoms with Crippen molar-refractivity contribution >= 4 is 11.9 Å². The van der Waals surface area contributed by atoms with E-state index in [1.54, 1.807) is 0 Å². The molecule has 1 atom stereocenters. The van der Waals surface area contributed by atoms with E-state index in [0.29, 0.717) is 12.8 Å². The minimum atomic E-state index is -0.790. The molecular formula is C16H30N2O3. The second-order valence-electron chi connectivity index (χ2n) is 7.65. The van der Waals surface area contributed by atoms with E-state index in [9.17, 15) is 14.7 Å². The normalized spacial score (nSPS) is 19.8. The van der Waals surface area contributed by atoms with Crippen molar-refractivity contribution in [1.82, 2.24) is 5.32 Å². The van der Waals surface area contributed by atoms with E-state index in [0.717, 1.165) is 25.7 Å². The number of nitrogens with two attached hydrogens (primary N) is 1. The standard InChI is InChI=1S/C16H30N2O3/c1-15(2,3)10-12(17)9-13(19)18-11-16(14(20)21)7-5-4-6-8-16/h12H,4-11,17H2,1-3H3,(H,18,19)(H,20,21). The van der Waals surface area contributed by atoms with Crippen molar-refractivity contribution in [2.24, 2.45) is 16.6 Å². The van der Waals surface area contributed by atoms with Crippen LogP contribution in [0.4, 0.5) is 0 Å². The highest BCUT2D eigenvalue weighted by molar-refractivity contribution is 5.79. The van der Waals surface area contributed by atoms with Crippen LogP contribution in [0.3, 0.4) is 0 Å². The van der Waals surface area contributed by atoms with E-state index in [1.165, 1.54) is 0 Å². The fourth-order valence-corrected chi connectivity index (χ4v) is 3.13. The van der Waals surface area contributed by atoms with Crippen LogP contribution in [0.5, 0.6) is 0 Å². The SMILES string of the molecule is CC(C)(C)CC(N)CC(=O)NCC1(C(=O)O)CCCCC1. The molecule has 0 spiro atoms. The minimum absolute atomic E-state index is 0.0886. The molecule has 0 radical (unpaired) electrons. The average molecular weight is 298 g/mol. The lowest BCUT2D eigenvalue weighted by molar-refractivity contribution is -0.151. The first-order chi connectivity index (χ1) is 9.65. The topological polar surface area (TPSA) is 92.4 Å². The number of amides is 1. The van der Waals surface area contributed by atoms with Crippen molar-refractivity contribution in [1.29, 1.82) is 0 Å². The molecule has 0 aromatic carbocycles. The van der Waals surface area contributed by atoms with Gasteiger partial charge in [0.15, 0.2) is 0 Å². The molecule has 0 aliphatic heterocycles. The Morgan fingerprint density at radius 2 is 1.81 bits per heavy atom. The second kappa shape index (κ2) is 7.25. The summed E-state index contributed by atoms with van der Waals surface area (Å²) in [6.07, 6.45) is 5.25. The molecule has 1 fully saturated rings. The zero-order valence-corrected chi connectivity index (χ0v) is 13.6. The maximum absolute atomic E-state index is 12.0. The molecule has 0 aromatic heterocycles. The fraction of sp³-hybridized carbons (Fsp3) is 0.875. The van der Waals surface area contributed by atoms with E-state index in [-0.39, 0.29) is 30.3 Å². The number of carboxylic acid groups (broad SMARTS) is 1. The molecule has 1 rings (SSSR count). The van der Waals surface area contributed by atoms with Crippen molar-refractivity contribution in [2.75, 3.05) is 6.54 Å². The van der Waals surface area contributed by atoms with Gasteiger partial charge in [-0.05, 0) is 24.7 Å². The highest BCUT2D eigenvalue weighted by Gasteiger charge is 2.39. The molecule has 1 saturated carbocycles. The summed E-state index contributed by atoms with van der Waals surface area (Å²) >= 11 is 0. The molecule has 1 amide bonds. The van der Waals surface area contributed by atoms with Gasteiger partial charge in [-0.3, -0.25) is 9.59 Å². The van der Waals surface area contributed by atoms with Gasteiger partial charge in [-0.15, -0.1) is 0 Å². The fourth-order valence-electron chi connectivity index (χ4n) is 3.13. The Labute approximate surface area is 127 Å². The first-order valence-corrected chi connectivity index (χ1v) is 7.90. The largest absolute Gasteiger partial charge is 0.481 e. The number of hydrogen-bond acceptors (Lipinski definition) is 3. The summed E-state index contributed by atoms with van der Waals surface area (Å²) in [5.41, 5.74) is 5.30. The van der Waals surface area contributed by atoms with Gasteiger partial charge in [0.2, 0.25) is 5.91 Å². The Bertz CT molecular complexity index is 368. The van der Waals surface area contributed by atoms with E-state index in [1.807, 2.05) is 0 Å². The molecule has 0 saturated heterocycles. The summed E-state index contributed by atoms with van der Waals surface area (Å²) < 4.78 is 0. The number of carbonyl (C=O) groups excluding carboxylic acids is 1. The molecule has 4 N–H and O–H groups in total. The van der Waals surface area contributed by atoms with Crippen LogP contribution in [-0.2, 0) is 9.59 Å². The van der Waals surface area contributed by atoms with E-state index < -0.39 is 11.4 Å². The quantitative estimate of drug-likeness (QED) is 0.701. The monoisotopic (exact) mass is 298 g/mol. The van der Waals surface area contributed by atoms with Crippen LogP contribution in [0.15, 0.2) is 0 Å². The Morgan fingerprint density at radius 3 is 2.29 bits per heavy atom. The molecule has 5 heteroatoms. The summed E-state index contributed by atoms with van der Waals surface area (Å²) in [7, 11) is 0. The molecule has 0 aromatic rings. The van der Waals surface area contributed by atoms with Crippen molar-refractivity contribution in [2.45, 2.75) is 71.8 Å². The number of carboxylic acids is 1. The van der Waals surface area contributed by atoms with Gasteiger partial charge >= 0.3 is 5.97 Å². The third-order valence-electron chi connectivity index (χ3n) is 4.21. The number of hydrogen-bond donors (Lipinski definition) is 3. The summed E-state index contributed by atoms with van der Waals surface area (Å²) in [5, 5.41) is 12.3. The summed E-state index contributed by atoms with van der Waals surface area (Å²) in [6, 6.07) is -0.183. The molecule has 0 bridgehead atoms. The lowest BCUT2D eigenvalue weighted by Gasteiger charge is -2.33. The molecule has 5 nitrogen and oxygen atoms in total. The lowest BCUT2D eigenvalue weighted by atomic mass is 9.74. The predicted octanol–water partition coefficient (Wildman–Crippen LogP) is 2.29. The van der Waals surface area contributed by atoms with Gasteiger partial charge in [0.05, 0.1) is 5.41 Å². The Morgan fingerprint density at radius 1 is 1.24 bits per heavy atom. The van der Waals surface area contributed by atoms with Crippen molar-refractivity contribution in [3.63, 3.8) is 0 Å². The van der Waals surface area contributed by atoms with E-state index in [4.69, 9.17) is 5.73 Å². The summed E-state index contributed by atoms with van der Waals surface area (Å²) in [4.78, 5) is 23.5. The molecule has 21 heavy (non-hydrogen) atoms. The highest BCUT2D eigenvalue weighted by atomic mass is 16.4. The Hall–Kier alpha value is -1.10. The molecule has 1 aliphatic rings. The van der Waals surface area contributed by atoms with Crippen LogP contribution >= 0.6 is 0 Å². The maximum Gasteiger partial charge on any atom is 0.311 e.